The molecule has 9 heteroatoms. The zero-order valence-corrected chi connectivity index (χ0v) is 11.6. The molecule has 0 saturated carbocycles. The Kier molecular flexibility index (Phi) is 3.97. The SMILES string of the molecule is COC(=O)Oc1cccc2c(=O)n([C@@H](C)C(=O)O)c(=O)oc12. The molecule has 9 nitrogen and oxygen atoms in total. The van der Waals surface area contributed by atoms with Crippen LogP contribution < -0.4 is 16.1 Å². The van der Waals surface area contributed by atoms with Gasteiger partial charge in [-0.25, -0.2) is 19.0 Å². The van der Waals surface area contributed by atoms with Crippen LogP contribution in [-0.4, -0.2) is 28.9 Å². The number of methoxy groups -OCH3 is 1. The molecule has 0 unspecified atom stereocenters. The van der Waals surface area contributed by atoms with Crippen LogP contribution in [0.1, 0.15) is 13.0 Å². The highest BCUT2D eigenvalue weighted by Gasteiger charge is 2.22. The number of aromatic nitrogens is 1. The van der Waals surface area contributed by atoms with Gasteiger partial charge in [0, 0.05) is 0 Å². The number of para-hydroxylation sites is 1. The smallest absolute Gasteiger partial charge is 0.480 e. The molecule has 0 fully saturated rings. The third-order valence-electron chi connectivity index (χ3n) is 2.92. The van der Waals surface area contributed by atoms with E-state index in [2.05, 4.69) is 4.74 Å². The van der Waals surface area contributed by atoms with Gasteiger partial charge in [-0.05, 0) is 19.1 Å². The molecule has 22 heavy (non-hydrogen) atoms. The standard InChI is InChI=1S/C13H11NO8/c1-6(11(16)17)14-10(15)7-4-3-5-8(21-13(19)20-2)9(7)22-12(14)18/h3-6H,1-2H3,(H,16,17)/t6-/m0/s1. The maximum Gasteiger partial charge on any atom is 0.513 e. The van der Waals surface area contributed by atoms with Crippen molar-refractivity contribution in [2.75, 3.05) is 7.11 Å². The second-order valence-corrected chi connectivity index (χ2v) is 4.25. The van der Waals surface area contributed by atoms with Crippen LogP contribution in [0.5, 0.6) is 5.75 Å². The monoisotopic (exact) mass is 309 g/mol. The largest absolute Gasteiger partial charge is 0.513 e. The van der Waals surface area contributed by atoms with Gasteiger partial charge in [0.25, 0.3) is 5.56 Å². The van der Waals surface area contributed by atoms with Crippen LogP contribution in [0.4, 0.5) is 4.79 Å². The third kappa shape index (κ3) is 2.55. The van der Waals surface area contributed by atoms with Crippen LogP contribution in [-0.2, 0) is 9.53 Å². The molecule has 0 aliphatic rings. The summed E-state index contributed by atoms with van der Waals surface area (Å²) in [6.07, 6.45) is -1.06. The zero-order chi connectivity index (χ0) is 16.4. The minimum absolute atomic E-state index is 0.103. The molecule has 0 aliphatic heterocycles. The molecule has 1 aromatic carbocycles. The van der Waals surface area contributed by atoms with E-state index in [1.165, 1.54) is 25.1 Å². The predicted octanol–water partition coefficient (Wildman–Crippen LogP) is 0.745. The highest BCUT2D eigenvalue weighted by molar-refractivity contribution is 5.84. The fraction of sp³-hybridized carbons (Fsp3) is 0.231. The van der Waals surface area contributed by atoms with E-state index < -0.39 is 29.5 Å². The summed E-state index contributed by atoms with van der Waals surface area (Å²) in [4.78, 5) is 46.2. The molecule has 0 saturated heterocycles. The van der Waals surface area contributed by atoms with Crippen molar-refractivity contribution in [2.45, 2.75) is 13.0 Å². The van der Waals surface area contributed by atoms with Gasteiger partial charge in [-0.15, -0.1) is 0 Å². The first kappa shape index (κ1) is 15.3. The number of hydrogen-bond acceptors (Lipinski definition) is 7. The van der Waals surface area contributed by atoms with Gasteiger partial charge in [0.15, 0.2) is 11.3 Å². The first-order valence-corrected chi connectivity index (χ1v) is 6.03. The quantitative estimate of drug-likeness (QED) is 0.650. The van der Waals surface area contributed by atoms with Gasteiger partial charge >= 0.3 is 17.9 Å². The third-order valence-corrected chi connectivity index (χ3v) is 2.92. The van der Waals surface area contributed by atoms with E-state index in [0.717, 1.165) is 7.11 Å². The average molecular weight is 309 g/mol. The molecule has 0 aliphatic carbocycles. The highest BCUT2D eigenvalue weighted by Crippen LogP contribution is 2.22. The number of hydrogen-bond donors (Lipinski definition) is 1. The number of carbonyl (C=O) groups is 2. The lowest BCUT2D eigenvalue weighted by Gasteiger charge is -2.10. The molecule has 0 bridgehead atoms. The van der Waals surface area contributed by atoms with Crippen molar-refractivity contribution < 1.29 is 28.6 Å². The van der Waals surface area contributed by atoms with E-state index >= 15 is 0 Å². The van der Waals surface area contributed by atoms with Crippen LogP contribution >= 0.6 is 0 Å². The zero-order valence-electron chi connectivity index (χ0n) is 11.6. The van der Waals surface area contributed by atoms with E-state index in [0.29, 0.717) is 4.57 Å². The van der Waals surface area contributed by atoms with Crippen molar-refractivity contribution in [1.29, 1.82) is 0 Å². The number of ether oxygens (including phenoxy) is 2. The Morgan fingerprint density at radius 2 is 2.00 bits per heavy atom. The maximum atomic E-state index is 12.3. The number of carbonyl (C=O) groups excluding carboxylic acids is 1. The summed E-state index contributed by atoms with van der Waals surface area (Å²) in [5.74, 6) is -2.72. The van der Waals surface area contributed by atoms with Crippen molar-refractivity contribution in [3.05, 3.63) is 39.1 Å². The van der Waals surface area contributed by atoms with Crippen LogP contribution in [0.15, 0.2) is 32.2 Å². The van der Waals surface area contributed by atoms with Crippen LogP contribution in [0, 0.1) is 0 Å². The number of carboxylic acid groups (broad SMARTS) is 1. The summed E-state index contributed by atoms with van der Waals surface area (Å²) >= 11 is 0. The average Bonchev–Trinajstić information content (AvgIpc) is 2.47. The summed E-state index contributed by atoms with van der Waals surface area (Å²) in [5.41, 5.74) is -1.13. The number of nitrogens with zero attached hydrogens (tertiary/aromatic N) is 1. The number of aliphatic carboxylic acids is 1. The van der Waals surface area contributed by atoms with E-state index in [1.54, 1.807) is 0 Å². The number of rotatable bonds is 3. The maximum absolute atomic E-state index is 12.3. The van der Waals surface area contributed by atoms with E-state index in [4.69, 9.17) is 14.3 Å². The van der Waals surface area contributed by atoms with Gasteiger partial charge in [-0.1, -0.05) is 6.07 Å². The van der Waals surface area contributed by atoms with Crippen molar-refractivity contribution in [2.24, 2.45) is 0 Å². The van der Waals surface area contributed by atoms with Crippen molar-refractivity contribution in [3.63, 3.8) is 0 Å². The van der Waals surface area contributed by atoms with E-state index in [-0.39, 0.29) is 16.7 Å². The Labute approximate surface area is 122 Å². The first-order valence-electron chi connectivity index (χ1n) is 6.03. The summed E-state index contributed by atoms with van der Waals surface area (Å²) in [6.45, 7) is 1.17. The molecule has 0 radical (unpaired) electrons. The minimum atomic E-state index is -1.40. The van der Waals surface area contributed by atoms with Crippen LogP contribution in [0.2, 0.25) is 0 Å². The molecule has 0 amide bonds. The first-order chi connectivity index (χ1) is 10.4. The van der Waals surface area contributed by atoms with Crippen molar-refractivity contribution in [3.8, 4) is 5.75 Å². The minimum Gasteiger partial charge on any atom is -0.480 e. The molecule has 116 valence electrons. The molecular formula is C13H11NO8. The predicted molar refractivity (Wildman–Crippen MR) is 72.1 cm³/mol. The fourth-order valence-electron chi connectivity index (χ4n) is 1.79. The molecule has 1 heterocycles. The Morgan fingerprint density at radius 1 is 1.32 bits per heavy atom. The Bertz CT molecular complexity index is 862. The van der Waals surface area contributed by atoms with Gasteiger partial charge < -0.3 is 19.0 Å². The fourth-order valence-corrected chi connectivity index (χ4v) is 1.79. The number of benzene rings is 1. The lowest BCUT2D eigenvalue weighted by molar-refractivity contribution is -0.140. The molecular weight excluding hydrogens is 298 g/mol. The molecule has 1 N–H and O–H groups in total. The Balaban J connectivity index is 2.74. The molecule has 2 rings (SSSR count). The topological polar surface area (TPSA) is 125 Å². The second-order valence-electron chi connectivity index (χ2n) is 4.25. The summed E-state index contributed by atoms with van der Waals surface area (Å²) < 4.78 is 14.5. The van der Waals surface area contributed by atoms with E-state index in [9.17, 15) is 19.2 Å². The molecule has 0 spiro atoms. The highest BCUT2D eigenvalue weighted by atomic mass is 16.7. The summed E-state index contributed by atoms with van der Waals surface area (Å²) in [5, 5.41) is 8.83. The van der Waals surface area contributed by atoms with Gasteiger partial charge in [-0.3, -0.25) is 4.79 Å². The molecule has 1 aromatic heterocycles. The van der Waals surface area contributed by atoms with Crippen LogP contribution in [0.3, 0.4) is 0 Å². The lowest BCUT2D eigenvalue weighted by Crippen LogP contribution is -2.38. The summed E-state index contributed by atoms with van der Waals surface area (Å²) in [7, 11) is 1.09. The Morgan fingerprint density at radius 3 is 2.59 bits per heavy atom. The van der Waals surface area contributed by atoms with Gasteiger partial charge in [0.2, 0.25) is 0 Å². The number of fused-ring (bicyclic) bond motifs is 1. The van der Waals surface area contributed by atoms with Gasteiger partial charge in [0.05, 0.1) is 12.5 Å². The van der Waals surface area contributed by atoms with Gasteiger partial charge in [-0.2, -0.15) is 0 Å². The van der Waals surface area contributed by atoms with Crippen LogP contribution in [0.25, 0.3) is 11.0 Å². The second kappa shape index (κ2) is 5.72. The Hall–Kier alpha value is -3.10. The van der Waals surface area contributed by atoms with Gasteiger partial charge in [0.1, 0.15) is 6.04 Å². The lowest BCUT2D eigenvalue weighted by atomic mass is 10.2. The van der Waals surface area contributed by atoms with Crippen molar-refractivity contribution in [1.82, 2.24) is 4.57 Å². The molecule has 2 aromatic rings. The summed E-state index contributed by atoms with van der Waals surface area (Å²) in [6, 6.07) is 2.60. The van der Waals surface area contributed by atoms with E-state index in [1.807, 2.05) is 0 Å². The molecule has 1 atom stereocenters. The normalized spacial score (nSPS) is 11.9. The number of carboxylic acids is 1. The van der Waals surface area contributed by atoms with Crippen molar-refractivity contribution >= 4 is 23.1 Å².